The predicted octanol–water partition coefficient (Wildman–Crippen LogP) is 3.53. The summed E-state index contributed by atoms with van der Waals surface area (Å²) in [4.78, 5) is 16.8. The van der Waals surface area contributed by atoms with Gasteiger partial charge in [-0.1, -0.05) is 24.3 Å². The molecule has 0 bridgehead atoms. The summed E-state index contributed by atoms with van der Waals surface area (Å²) < 4.78 is 12.2. The number of carbonyl (C=O) groups is 1. The number of oxazole rings is 1. The van der Waals surface area contributed by atoms with Gasteiger partial charge in [0, 0.05) is 6.20 Å². The van der Waals surface area contributed by atoms with E-state index in [-0.39, 0.29) is 16.9 Å². The fourth-order valence-electron chi connectivity index (χ4n) is 2.96. The molecule has 132 valence electrons. The van der Waals surface area contributed by atoms with Gasteiger partial charge in [0.05, 0.1) is 29.6 Å². The van der Waals surface area contributed by atoms with Crippen molar-refractivity contribution in [3.8, 4) is 23.2 Å². The van der Waals surface area contributed by atoms with Crippen LogP contribution < -0.4 is 5.73 Å². The van der Waals surface area contributed by atoms with E-state index in [1.165, 1.54) is 17.9 Å². The zero-order valence-corrected chi connectivity index (χ0v) is 14.3. The summed E-state index contributed by atoms with van der Waals surface area (Å²) in [6.07, 6.45) is 1.50. The quantitative estimate of drug-likeness (QED) is 0.561. The molecule has 2 aromatic heterocycles. The highest BCUT2D eigenvalue weighted by Gasteiger charge is 2.24. The molecule has 27 heavy (non-hydrogen) atoms. The Kier molecular flexibility index (Phi) is 3.86. The SMILES string of the molecule is COC(=O)c1c(N)c(C#N)cn1-c1ccccc1-c1nc2ccccc2o1. The molecule has 0 aliphatic heterocycles. The third-order valence-corrected chi connectivity index (χ3v) is 4.23. The number of rotatable bonds is 3. The average molecular weight is 358 g/mol. The Bertz CT molecular complexity index is 1180. The number of nitrogens with zero attached hydrogens (tertiary/aromatic N) is 3. The summed E-state index contributed by atoms with van der Waals surface area (Å²) in [6, 6.07) is 16.7. The van der Waals surface area contributed by atoms with E-state index in [4.69, 9.17) is 14.9 Å². The zero-order valence-electron chi connectivity index (χ0n) is 14.3. The van der Waals surface area contributed by atoms with Gasteiger partial charge in [-0.25, -0.2) is 9.78 Å². The van der Waals surface area contributed by atoms with Gasteiger partial charge >= 0.3 is 5.97 Å². The third-order valence-electron chi connectivity index (χ3n) is 4.23. The van der Waals surface area contributed by atoms with E-state index in [1.54, 1.807) is 6.07 Å². The number of nitriles is 1. The van der Waals surface area contributed by atoms with Crippen molar-refractivity contribution in [1.82, 2.24) is 9.55 Å². The van der Waals surface area contributed by atoms with E-state index in [1.807, 2.05) is 48.5 Å². The Labute approximate surface area is 154 Å². The normalized spacial score (nSPS) is 10.7. The van der Waals surface area contributed by atoms with E-state index in [9.17, 15) is 10.1 Å². The first-order chi connectivity index (χ1) is 13.1. The van der Waals surface area contributed by atoms with E-state index < -0.39 is 5.97 Å². The highest BCUT2D eigenvalue weighted by atomic mass is 16.5. The number of carbonyl (C=O) groups excluding carboxylic acids is 1. The third kappa shape index (κ3) is 2.60. The van der Waals surface area contributed by atoms with E-state index >= 15 is 0 Å². The molecule has 0 atom stereocenters. The van der Waals surface area contributed by atoms with Gasteiger partial charge in [-0.15, -0.1) is 0 Å². The van der Waals surface area contributed by atoms with Crippen molar-refractivity contribution in [1.29, 1.82) is 5.26 Å². The lowest BCUT2D eigenvalue weighted by atomic mass is 10.1. The van der Waals surface area contributed by atoms with Gasteiger partial charge in [-0.3, -0.25) is 0 Å². The first-order valence-electron chi connectivity index (χ1n) is 8.08. The molecule has 0 aliphatic rings. The fraction of sp³-hybridized carbons (Fsp3) is 0.0500. The molecule has 7 nitrogen and oxygen atoms in total. The number of hydrogen-bond acceptors (Lipinski definition) is 6. The van der Waals surface area contributed by atoms with Gasteiger partial charge in [0.2, 0.25) is 5.89 Å². The van der Waals surface area contributed by atoms with Crippen LogP contribution >= 0.6 is 0 Å². The fourth-order valence-corrected chi connectivity index (χ4v) is 2.96. The zero-order chi connectivity index (χ0) is 19.0. The molecule has 2 heterocycles. The topological polar surface area (TPSA) is 107 Å². The van der Waals surface area contributed by atoms with Gasteiger partial charge in [0.15, 0.2) is 11.3 Å². The minimum absolute atomic E-state index is 0.0664. The Hall–Kier alpha value is -4.05. The number of fused-ring (bicyclic) bond motifs is 1. The summed E-state index contributed by atoms with van der Waals surface area (Å²) in [7, 11) is 1.26. The van der Waals surface area contributed by atoms with Crippen molar-refractivity contribution in [2.45, 2.75) is 0 Å². The van der Waals surface area contributed by atoms with Crippen LogP contribution in [0.15, 0.2) is 59.1 Å². The van der Waals surface area contributed by atoms with Crippen molar-refractivity contribution in [3.63, 3.8) is 0 Å². The molecule has 2 N–H and O–H groups in total. The lowest BCUT2D eigenvalue weighted by Gasteiger charge is -2.11. The summed E-state index contributed by atoms with van der Waals surface area (Å²) in [5.41, 5.74) is 8.95. The number of anilines is 1. The van der Waals surface area contributed by atoms with Crippen molar-refractivity contribution in [3.05, 3.63) is 66.0 Å². The molecule has 0 radical (unpaired) electrons. The number of hydrogen-bond donors (Lipinski definition) is 1. The Morgan fingerprint density at radius 1 is 1.22 bits per heavy atom. The lowest BCUT2D eigenvalue weighted by Crippen LogP contribution is -2.11. The molecule has 0 unspecified atom stereocenters. The van der Waals surface area contributed by atoms with Crippen LogP contribution in [0.2, 0.25) is 0 Å². The summed E-state index contributed by atoms with van der Waals surface area (Å²) in [5.74, 6) is -0.241. The molecule has 0 aliphatic carbocycles. The van der Waals surface area contributed by atoms with Gasteiger partial charge in [0.1, 0.15) is 11.6 Å². The first-order valence-corrected chi connectivity index (χ1v) is 8.08. The molecular weight excluding hydrogens is 344 g/mol. The molecular formula is C20H14N4O3. The number of benzene rings is 2. The minimum Gasteiger partial charge on any atom is -0.464 e. The second-order valence-corrected chi connectivity index (χ2v) is 5.78. The van der Waals surface area contributed by atoms with Crippen molar-refractivity contribution in [2.75, 3.05) is 12.8 Å². The van der Waals surface area contributed by atoms with E-state index in [2.05, 4.69) is 4.98 Å². The van der Waals surface area contributed by atoms with Crippen LogP contribution in [-0.2, 0) is 4.74 Å². The van der Waals surface area contributed by atoms with Crippen LogP contribution in [0.3, 0.4) is 0 Å². The van der Waals surface area contributed by atoms with Crippen molar-refractivity contribution >= 4 is 22.8 Å². The Morgan fingerprint density at radius 3 is 2.70 bits per heavy atom. The minimum atomic E-state index is -0.638. The van der Waals surface area contributed by atoms with E-state index in [0.717, 1.165) is 5.52 Å². The monoisotopic (exact) mass is 358 g/mol. The van der Waals surface area contributed by atoms with Crippen LogP contribution in [0, 0.1) is 11.3 Å². The molecule has 2 aromatic carbocycles. The van der Waals surface area contributed by atoms with Gasteiger partial charge < -0.3 is 19.5 Å². The number of aromatic nitrogens is 2. The molecule has 7 heteroatoms. The molecule has 0 amide bonds. The van der Waals surface area contributed by atoms with Crippen LogP contribution in [0.4, 0.5) is 5.69 Å². The lowest BCUT2D eigenvalue weighted by molar-refractivity contribution is 0.0593. The van der Waals surface area contributed by atoms with Gasteiger partial charge in [-0.2, -0.15) is 5.26 Å². The summed E-state index contributed by atoms with van der Waals surface area (Å²) >= 11 is 0. The maximum atomic E-state index is 12.3. The smallest absolute Gasteiger partial charge is 0.357 e. The highest BCUT2D eigenvalue weighted by Crippen LogP contribution is 2.32. The number of methoxy groups -OCH3 is 1. The number of para-hydroxylation sites is 3. The number of nitrogens with two attached hydrogens (primary N) is 1. The van der Waals surface area contributed by atoms with Crippen LogP contribution in [-0.4, -0.2) is 22.6 Å². The molecule has 4 aromatic rings. The largest absolute Gasteiger partial charge is 0.464 e. The first kappa shape index (κ1) is 16.4. The van der Waals surface area contributed by atoms with Gasteiger partial charge in [-0.05, 0) is 24.3 Å². The predicted molar refractivity (Wildman–Crippen MR) is 99.2 cm³/mol. The summed E-state index contributed by atoms with van der Waals surface area (Å²) in [5, 5.41) is 9.31. The molecule has 0 spiro atoms. The standard InChI is InChI=1S/C20H14N4O3/c1-26-20(25)18-17(22)12(10-21)11-24(18)15-8-4-2-6-13(15)19-23-14-7-3-5-9-16(14)27-19/h2-9,11H,22H2,1H3. The summed E-state index contributed by atoms with van der Waals surface area (Å²) in [6.45, 7) is 0. The van der Waals surface area contributed by atoms with Crippen LogP contribution in [0.5, 0.6) is 0 Å². The van der Waals surface area contributed by atoms with Crippen molar-refractivity contribution < 1.29 is 13.9 Å². The van der Waals surface area contributed by atoms with Crippen LogP contribution in [0.1, 0.15) is 16.1 Å². The van der Waals surface area contributed by atoms with E-state index in [0.29, 0.717) is 22.7 Å². The van der Waals surface area contributed by atoms with Crippen molar-refractivity contribution in [2.24, 2.45) is 0 Å². The Morgan fingerprint density at radius 2 is 1.96 bits per heavy atom. The number of esters is 1. The molecule has 4 rings (SSSR count). The second kappa shape index (κ2) is 6.35. The maximum Gasteiger partial charge on any atom is 0.357 e. The maximum absolute atomic E-state index is 12.3. The molecule has 0 saturated heterocycles. The van der Waals surface area contributed by atoms with Gasteiger partial charge in [0.25, 0.3) is 0 Å². The number of ether oxygens (including phenoxy) is 1. The molecule has 0 fully saturated rings. The number of nitrogen functional groups attached to an aromatic ring is 1. The average Bonchev–Trinajstić information content (AvgIpc) is 3.28. The second-order valence-electron chi connectivity index (χ2n) is 5.78. The molecule has 0 saturated carbocycles. The van der Waals surface area contributed by atoms with Crippen LogP contribution in [0.25, 0.3) is 28.2 Å². The Balaban J connectivity index is 1.97. The highest BCUT2D eigenvalue weighted by molar-refractivity contribution is 5.96.